The van der Waals surface area contributed by atoms with E-state index < -0.39 is 0 Å². The van der Waals surface area contributed by atoms with Crippen LogP contribution in [-0.2, 0) is 9.59 Å². The fourth-order valence-electron chi connectivity index (χ4n) is 3.37. The molecule has 5 nitrogen and oxygen atoms in total. The highest BCUT2D eigenvalue weighted by Gasteiger charge is 2.31. The second kappa shape index (κ2) is 8.59. The van der Waals surface area contributed by atoms with Crippen molar-refractivity contribution >= 4 is 24.2 Å². The van der Waals surface area contributed by atoms with Gasteiger partial charge in [-0.3, -0.25) is 9.59 Å². The highest BCUT2D eigenvalue weighted by molar-refractivity contribution is 5.87. The number of amides is 2. The molecular weight excluding hydrogens is 290 g/mol. The number of hydrogen-bond acceptors (Lipinski definition) is 3. The van der Waals surface area contributed by atoms with Crippen LogP contribution in [0, 0.1) is 11.8 Å². The topological polar surface area (TPSA) is 75.4 Å². The standard InChI is InChI=1S/C15H27N3O2.ClH/c1-18-8-7-12(9-14(18)19)15(20)17-13(10-16)11-5-3-2-4-6-11;/h11-13H,2-10,16H2,1H3,(H,17,20);1H. The molecule has 0 aromatic heterocycles. The van der Waals surface area contributed by atoms with Crippen molar-refractivity contribution in [3.05, 3.63) is 0 Å². The molecule has 1 heterocycles. The Balaban J connectivity index is 0.00000220. The van der Waals surface area contributed by atoms with Crippen LogP contribution in [0.25, 0.3) is 0 Å². The number of hydrogen-bond donors (Lipinski definition) is 2. The second-order valence-electron chi connectivity index (χ2n) is 6.25. The van der Waals surface area contributed by atoms with E-state index in [9.17, 15) is 9.59 Å². The molecule has 2 aliphatic rings. The summed E-state index contributed by atoms with van der Waals surface area (Å²) in [5.41, 5.74) is 5.84. The lowest BCUT2D eigenvalue weighted by molar-refractivity contribution is -0.139. The van der Waals surface area contributed by atoms with Crippen LogP contribution in [0.1, 0.15) is 44.9 Å². The number of carbonyl (C=O) groups excluding carboxylic acids is 2. The Morgan fingerprint density at radius 2 is 2.00 bits per heavy atom. The SMILES string of the molecule is CN1CCC(C(=O)NC(CN)C2CCCCC2)CC1=O.Cl. The zero-order chi connectivity index (χ0) is 14.5. The molecule has 0 bridgehead atoms. The van der Waals surface area contributed by atoms with Crippen LogP contribution >= 0.6 is 12.4 Å². The molecule has 2 rings (SSSR count). The molecule has 2 atom stereocenters. The zero-order valence-corrected chi connectivity index (χ0v) is 13.7. The summed E-state index contributed by atoms with van der Waals surface area (Å²) in [6.07, 6.45) is 7.20. The molecule has 1 aliphatic carbocycles. The van der Waals surface area contributed by atoms with E-state index in [0.29, 0.717) is 25.4 Å². The first-order valence-corrected chi connectivity index (χ1v) is 7.86. The number of likely N-dealkylation sites (tertiary alicyclic amines) is 1. The molecular formula is C15H28ClN3O2. The minimum Gasteiger partial charge on any atom is -0.352 e. The Kier molecular flexibility index (Phi) is 7.46. The molecule has 0 aromatic carbocycles. The number of nitrogens with zero attached hydrogens (tertiary/aromatic N) is 1. The Hall–Kier alpha value is -0.810. The highest BCUT2D eigenvalue weighted by Crippen LogP contribution is 2.27. The Labute approximate surface area is 133 Å². The van der Waals surface area contributed by atoms with Crippen molar-refractivity contribution < 1.29 is 9.59 Å². The lowest BCUT2D eigenvalue weighted by atomic mass is 9.83. The number of nitrogens with one attached hydrogen (secondary N) is 1. The molecule has 2 unspecified atom stereocenters. The molecule has 21 heavy (non-hydrogen) atoms. The summed E-state index contributed by atoms with van der Waals surface area (Å²) in [7, 11) is 1.79. The van der Waals surface area contributed by atoms with Crippen LogP contribution in [0.2, 0.25) is 0 Å². The second-order valence-corrected chi connectivity index (χ2v) is 6.25. The maximum atomic E-state index is 12.3. The van der Waals surface area contributed by atoms with E-state index in [2.05, 4.69) is 5.32 Å². The average molecular weight is 318 g/mol. The fourth-order valence-corrected chi connectivity index (χ4v) is 3.37. The Bertz CT molecular complexity index is 359. The number of nitrogens with two attached hydrogens (primary N) is 1. The van der Waals surface area contributed by atoms with Gasteiger partial charge in [0.05, 0.1) is 0 Å². The van der Waals surface area contributed by atoms with E-state index in [1.807, 2.05) is 0 Å². The third-order valence-corrected chi connectivity index (χ3v) is 4.83. The molecule has 1 aliphatic heterocycles. The monoisotopic (exact) mass is 317 g/mol. The smallest absolute Gasteiger partial charge is 0.223 e. The fraction of sp³-hybridized carbons (Fsp3) is 0.867. The summed E-state index contributed by atoms with van der Waals surface area (Å²) in [6, 6.07) is 0.0811. The van der Waals surface area contributed by atoms with E-state index in [1.165, 1.54) is 19.3 Å². The van der Waals surface area contributed by atoms with Crippen LogP contribution in [-0.4, -0.2) is 42.9 Å². The summed E-state index contributed by atoms with van der Waals surface area (Å²) in [5.74, 6) is 0.432. The van der Waals surface area contributed by atoms with Gasteiger partial charge in [0, 0.05) is 38.5 Å². The third kappa shape index (κ3) is 4.85. The number of piperidine rings is 1. The molecule has 0 radical (unpaired) electrons. The summed E-state index contributed by atoms with van der Waals surface area (Å²) in [5, 5.41) is 3.11. The van der Waals surface area contributed by atoms with E-state index in [0.717, 1.165) is 19.3 Å². The van der Waals surface area contributed by atoms with Gasteiger partial charge in [-0.05, 0) is 25.2 Å². The molecule has 6 heteroatoms. The Morgan fingerprint density at radius 1 is 1.33 bits per heavy atom. The van der Waals surface area contributed by atoms with E-state index in [4.69, 9.17) is 5.73 Å². The summed E-state index contributed by atoms with van der Waals surface area (Å²) < 4.78 is 0. The maximum Gasteiger partial charge on any atom is 0.223 e. The lowest BCUT2D eigenvalue weighted by Gasteiger charge is -2.33. The molecule has 1 saturated heterocycles. The van der Waals surface area contributed by atoms with Gasteiger partial charge in [0.15, 0.2) is 0 Å². The first kappa shape index (κ1) is 18.2. The van der Waals surface area contributed by atoms with Crippen LogP contribution in [0.3, 0.4) is 0 Å². The average Bonchev–Trinajstić information content (AvgIpc) is 2.48. The van der Waals surface area contributed by atoms with Crippen molar-refractivity contribution in [1.82, 2.24) is 10.2 Å². The van der Waals surface area contributed by atoms with Gasteiger partial charge in [-0.2, -0.15) is 0 Å². The van der Waals surface area contributed by atoms with Gasteiger partial charge in [0.1, 0.15) is 0 Å². The molecule has 0 spiro atoms. The summed E-state index contributed by atoms with van der Waals surface area (Å²) in [6.45, 7) is 1.17. The largest absolute Gasteiger partial charge is 0.352 e. The van der Waals surface area contributed by atoms with Gasteiger partial charge in [-0.25, -0.2) is 0 Å². The normalized spacial score (nSPS) is 25.1. The van der Waals surface area contributed by atoms with Crippen LogP contribution in [0.5, 0.6) is 0 Å². The van der Waals surface area contributed by atoms with Crippen LogP contribution in [0.15, 0.2) is 0 Å². The molecule has 2 amide bonds. The predicted molar refractivity (Wildman–Crippen MR) is 85.2 cm³/mol. The van der Waals surface area contributed by atoms with Crippen LogP contribution in [0.4, 0.5) is 0 Å². The molecule has 122 valence electrons. The van der Waals surface area contributed by atoms with Gasteiger partial charge in [-0.1, -0.05) is 19.3 Å². The predicted octanol–water partition coefficient (Wildman–Crippen LogP) is 1.30. The van der Waals surface area contributed by atoms with Crippen molar-refractivity contribution in [1.29, 1.82) is 0 Å². The van der Waals surface area contributed by atoms with Crippen molar-refractivity contribution in [2.45, 2.75) is 51.0 Å². The molecule has 0 aromatic rings. The molecule has 3 N–H and O–H groups in total. The maximum absolute atomic E-state index is 12.3. The van der Waals surface area contributed by atoms with Crippen molar-refractivity contribution in [3.63, 3.8) is 0 Å². The van der Waals surface area contributed by atoms with Crippen LogP contribution < -0.4 is 11.1 Å². The van der Waals surface area contributed by atoms with Gasteiger partial charge >= 0.3 is 0 Å². The van der Waals surface area contributed by atoms with E-state index in [-0.39, 0.29) is 36.2 Å². The first-order chi connectivity index (χ1) is 9.61. The lowest BCUT2D eigenvalue weighted by Crippen LogP contribution is -2.50. The van der Waals surface area contributed by atoms with Gasteiger partial charge < -0.3 is 16.0 Å². The van der Waals surface area contributed by atoms with Gasteiger partial charge in [0.2, 0.25) is 11.8 Å². The van der Waals surface area contributed by atoms with E-state index >= 15 is 0 Å². The summed E-state index contributed by atoms with van der Waals surface area (Å²) >= 11 is 0. The highest BCUT2D eigenvalue weighted by atomic mass is 35.5. The zero-order valence-electron chi connectivity index (χ0n) is 12.8. The van der Waals surface area contributed by atoms with Gasteiger partial charge in [-0.15, -0.1) is 12.4 Å². The van der Waals surface area contributed by atoms with Gasteiger partial charge in [0.25, 0.3) is 0 Å². The van der Waals surface area contributed by atoms with Crippen molar-refractivity contribution in [2.24, 2.45) is 17.6 Å². The minimum absolute atomic E-state index is 0. The van der Waals surface area contributed by atoms with E-state index in [1.54, 1.807) is 11.9 Å². The number of carbonyl (C=O) groups is 2. The Morgan fingerprint density at radius 3 is 2.57 bits per heavy atom. The quantitative estimate of drug-likeness (QED) is 0.820. The molecule has 1 saturated carbocycles. The summed E-state index contributed by atoms with van der Waals surface area (Å²) in [4.78, 5) is 25.7. The minimum atomic E-state index is -0.170. The van der Waals surface area contributed by atoms with Crippen molar-refractivity contribution in [2.75, 3.05) is 20.1 Å². The van der Waals surface area contributed by atoms with Crippen molar-refractivity contribution in [3.8, 4) is 0 Å². The first-order valence-electron chi connectivity index (χ1n) is 7.86. The third-order valence-electron chi connectivity index (χ3n) is 4.83. The number of halogens is 1. The molecule has 2 fully saturated rings. The number of rotatable bonds is 4.